The lowest BCUT2D eigenvalue weighted by Crippen LogP contribution is -3.59. The molecule has 0 radical (unpaired) electrons. The van der Waals surface area contributed by atoms with Crippen molar-refractivity contribution in [1.82, 2.24) is 0 Å². The van der Waals surface area contributed by atoms with Gasteiger partial charge in [0.1, 0.15) is 0 Å². The SMILES string of the molecule is C/C(=C\[I+]c1ccccc1)C(=O)C1CCCC1. The monoisotopic (exact) mass is 341 g/mol. The van der Waals surface area contributed by atoms with Gasteiger partial charge in [-0.25, -0.2) is 0 Å². The number of rotatable bonds is 4. The van der Waals surface area contributed by atoms with Gasteiger partial charge in [0.2, 0.25) is 0 Å². The summed E-state index contributed by atoms with van der Waals surface area (Å²) in [5, 5.41) is 0. The summed E-state index contributed by atoms with van der Waals surface area (Å²) >= 11 is -0.146. The summed E-state index contributed by atoms with van der Waals surface area (Å²) in [5.41, 5.74) is 0.994. The number of benzene rings is 1. The van der Waals surface area contributed by atoms with Gasteiger partial charge in [-0.3, -0.25) is 4.79 Å². The molecule has 0 spiro atoms. The highest BCUT2D eigenvalue weighted by Gasteiger charge is 2.25. The first-order valence-electron chi connectivity index (χ1n) is 6.17. The third-order valence-corrected chi connectivity index (χ3v) is 5.88. The molecule has 0 unspecified atom stereocenters. The van der Waals surface area contributed by atoms with Crippen LogP contribution >= 0.6 is 0 Å². The molecule has 0 aromatic heterocycles. The average Bonchev–Trinajstić information content (AvgIpc) is 2.90. The van der Waals surface area contributed by atoms with Gasteiger partial charge in [0.25, 0.3) is 0 Å². The Morgan fingerprint density at radius 2 is 1.88 bits per heavy atom. The Bertz CT molecular complexity index is 402. The van der Waals surface area contributed by atoms with E-state index in [2.05, 4.69) is 28.3 Å². The number of hydrogen-bond acceptors (Lipinski definition) is 1. The van der Waals surface area contributed by atoms with E-state index in [4.69, 9.17) is 0 Å². The summed E-state index contributed by atoms with van der Waals surface area (Å²) in [7, 11) is 0. The second-order valence-electron chi connectivity index (χ2n) is 4.54. The average molecular weight is 341 g/mol. The molecule has 90 valence electrons. The van der Waals surface area contributed by atoms with Gasteiger partial charge in [-0.2, -0.15) is 0 Å². The third-order valence-electron chi connectivity index (χ3n) is 3.19. The molecule has 17 heavy (non-hydrogen) atoms. The minimum atomic E-state index is -0.146. The van der Waals surface area contributed by atoms with Crippen molar-refractivity contribution in [3.63, 3.8) is 0 Å². The first-order valence-corrected chi connectivity index (χ1v) is 8.49. The molecule has 1 saturated carbocycles. The summed E-state index contributed by atoms with van der Waals surface area (Å²) in [5.74, 6) is 0.726. The normalized spacial score (nSPS) is 17.4. The number of Topliss-reactive ketones (excluding diaryl/α,β-unsaturated/α-hetero) is 1. The highest BCUT2D eigenvalue weighted by molar-refractivity contribution is 5.96. The zero-order chi connectivity index (χ0) is 12.1. The molecule has 0 aliphatic heterocycles. The smallest absolute Gasteiger partial charge is 0.294 e. The van der Waals surface area contributed by atoms with Crippen LogP contribution in [0, 0.1) is 9.49 Å². The number of carbonyl (C=O) groups is 1. The van der Waals surface area contributed by atoms with Crippen LogP contribution in [-0.4, -0.2) is 5.78 Å². The lowest BCUT2D eigenvalue weighted by atomic mass is 9.98. The second kappa shape index (κ2) is 6.34. The molecule has 1 aromatic rings. The lowest BCUT2D eigenvalue weighted by molar-refractivity contribution is -0.557. The van der Waals surface area contributed by atoms with E-state index in [1.54, 1.807) is 0 Å². The van der Waals surface area contributed by atoms with E-state index in [-0.39, 0.29) is 21.2 Å². The Morgan fingerprint density at radius 1 is 1.24 bits per heavy atom. The fourth-order valence-electron chi connectivity index (χ4n) is 2.20. The number of halogens is 1. The first-order chi connectivity index (χ1) is 8.27. The maximum Gasteiger partial charge on any atom is 0.349 e. The molecule has 0 atom stereocenters. The molecule has 2 heteroatoms. The van der Waals surface area contributed by atoms with Gasteiger partial charge >= 0.3 is 21.2 Å². The number of allylic oxidation sites excluding steroid dienone is 1. The van der Waals surface area contributed by atoms with Crippen molar-refractivity contribution in [3.05, 3.63) is 43.6 Å². The fraction of sp³-hybridized carbons (Fsp3) is 0.400. The van der Waals surface area contributed by atoms with Crippen LogP contribution in [0.1, 0.15) is 32.6 Å². The number of ketones is 1. The zero-order valence-corrected chi connectivity index (χ0v) is 12.3. The molecule has 0 heterocycles. The summed E-state index contributed by atoms with van der Waals surface area (Å²) in [6, 6.07) is 10.5. The van der Waals surface area contributed by atoms with Crippen LogP contribution in [0.25, 0.3) is 0 Å². The maximum absolute atomic E-state index is 12.1. The third kappa shape index (κ3) is 3.66. The fourth-order valence-corrected chi connectivity index (χ4v) is 4.16. The topological polar surface area (TPSA) is 17.1 Å². The first kappa shape index (κ1) is 12.8. The van der Waals surface area contributed by atoms with Crippen molar-refractivity contribution in [2.75, 3.05) is 0 Å². The van der Waals surface area contributed by atoms with Gasteiger partial charge in [-0.1, -0.05) is 31.0 Å². The molecule has 2 rings (SSSR count). The molecule has 1 aromatic carbocycles. The molecule has 1 fully saturated rings. The van der Waals surface area contributed by atoms with Gasteiger partial charge in [-0.05, 0) is 31.9 Å². The number of carbonyl (C=O) groups excluding carboxylic acids is 1. The van der Waals surface area contributed by atoms with Gasteiger partial charge in [0.05, 0.1) is 0 Å². The lowest BCUT2D eigenvalue weighted by Gasteiger charge is -2.05. The predicted octanol–water partition coefficient (Wildman–Crippen LogP) is 0.608. The van der Waals surface area contributed by atoms with E-state index in [1.165, 1.54) is 16.4 Å². The van der Waals surface area contributed by atoms with E-state index in [1.807, 2.05) is 13.0 Å². The van der Waals surface area contributed by atoms with Crippen LogP contribution in [0.5, 0.6) is 0 Å². The standard InChI is InChI=1S/C15H18IO/c1-12(15(17)13-7-5-6-8-13)11-16-14-9-3-2-4-10-14/h2-4,9-11,13H,5-8H2,1H3/q+1/b12-11+. The molecule has 0 amide bonds. The van der Waals surface area contributed by atoms with Crippen LogP contribution in [-0.2, 0) is 4.79 Å². The van der Waals surface area contributed by atoms with Crippen molar-refractivity contribution in [3.8, 4) is 0 Å². The minimum Gasteiger partial charge on any atom is -0.294 e. The largest absolute Gasteiger partial charge is 0.349 e. The summed E-state index contributed by atoms with van der Waals surface area (Å²) in [4.78, 5) is 12.1. The van der Waals surface area contributed by atoms with Crippen LogP contribution in [0.3, 0.4) is 0 Å². The second-order valence-corrected chi connectivity index (χ2v) is 7.03. The Labute approximate surface area is 114 Å². The Balaban J connectivity index is 1.94. The molecule has 0 N–H and O–H groups in total. The highest BCUT2D eigenvalue weighted by atomic mass is 127. The predicted molar refractivity (Wildman–Crippen MR) is 65.9 cm³/mol. The van der Waals surface area contributed by atoms with E-state index in [9.17, 15) is 4.79 Å². The van der Waals surface area contributed by atoms with Crippen molar-refractivity contribution in [1.29, 1.82) is 0 Å². The van der Waals surface area contributed by atoms with Crippen LogP contribution in [0.4, 0.5) is 0 Å². The van der Waals surface area contributed by atoms with Crippen LogP contribution in [0.15, 0.2) is 40.0 Å². The molecular weight excluding hydrogens is 323 g/mol. The maximum atomic E-state index is 12.1. The van der Waals surface area contributed by atoms with Gasteiger partial charge in [0, 0.05) is 11.5 Å². The molecule has 0 saturated heterocycles. The van der Waals surface area contributed by atoms with Crippen molar-refractivity contribution in [2.45, 2.75) is 32.6 Å². The molecule has 1 aliphatic carbocycles. The van der Waals surface area contributed by atoms with Gasteiger partial charge in [0.15, 0.2) is 13.4 Å². The Morgan fingerprint density at radius 3 is 2.53 bits per heavy atom. The molecule has 1 aliphatic rings. The summed E-state index contributed by atoms with van der Waals surface area (Å²) in [6.07, 6.45) is 4.68. The van der Waals surface area contributed by atoms with Gasteiger partial charge in [-0.15, -0.1) is 0 Å². The summed E-state index contributed by atoms with van der Waals surface area (Å²) in [6.45, 7) is 1.99. The summed E-state index contributed by atoms with van der Waals surface area (Å²) < 4.78 is 3.57. The quantitative estimate of drug-likeness (QED) is 0.579. The van der Waals surface area contributed by atoms with Crippen molar-refractivity contribution >= 4 is 5.78 Å². The van der Waals surface area contributed by atoms with Gasteiger partial charge < -0.3 is 0 Å². The minimum absolute atomic E-state index is 0.146. The van der Waals surface area contributed by atoms with E-state index in [0.29, 0.717) is 11.7 Å². The van der Waals surface area contributed by atoms with Crippen LogP contribution < -0.4 is 21.2 Å². The van der Waals surface area contributed by atoms with E-state index in [0.717, 1.165) is 18.4 Å². The Kier molecular flexibility index (Phi) is 4.77. The number of hydrogen-bond donors (Lipinski definition) is 0. The zero-order valence-electron chi connectivity index (χ0n) is 10.2. The van der Waals surface area contributed by atoms with Crippen LogP contribution in [0.2, 0.25) is 0 Å². The van der Waals surface area contributed by atoms with Crippen molar-refractivity contribution < 1.29 is 26.0 Å². The Hall–Kier alpha value is -0.640. The molecule has 1 nitrogen and oxygen atoms in total. The highest BCUT2D eigenvalue weighted by Crippen LogP contribution is 2.27. The molecule has 0 bridgehead atoms. The van der Waals surface area contributed by atoms with Crippen molar-refractivity contribution in [2.24, 2.45) is 5.92 Å². The van der Waals surface area contributed by atoms with E-state index >= 15 is 0 Å². The molecular formula is C15H18IO+. The van der Waals surface area contributed by atoms with E-state index < -0.39 is 0 Å².